The normalized spacial score (nSPS) is 23.2. The number of carbonyl (C=O) groups excluding carboxylic acids is 1. The van der Waals surface area contributed by atoms with Gasteiger partial charge in [-0.3, -0.25) is 9.78 Å². The summed E-state index contributed by atoms with van der Waals surface area (Å²) in [7, 11) is 1.55. The van der Waals surface area contributed by atoms with Gasteiger partial charge in [0.15, 0.2) is 0 Å². The Morgan fingerprint density at radius 3 is 3.05 bits per heavy atom. The van der Waals surface area contributed by atoms with Gasteiger partial charge in [-0.2, -0.15) is 0 Å². The minimum absolute atomic E-state index is 0.00454. The molecule has 5 nitrogen and oxygen atoms in total. The maximum Gasteiger partial charge on any atom is 0.257 e. The quantitative estimate of drug-likeness (QED) is 0.892. The molecule has 0 bridgehead atoms. The van der Waals surface area contributed by atoms with Crippen molar-refractivity contribution < 1.29 is 9.53 Å². The van der Waals surface area contributed by atoms with Crippen molar-refractivity contribution >= 4 is 5.91 Å². The molecule has 0 aliphatic carbocycles. The van der Waals surface area contributed by atoms with Gasteiger partial charge in [-0.05, 0) is 38.3 Å². The number of piperidine rings is 1. The molecule has 1 aromatic heterocycles. The van der Waals surface area contributed by atoms with Crippen LogP contribution in [0.4, 0.5) is 0 Å². The van der Waals surface area contributed by atoms with Crippen molar-refractivity contribution in [2.45, 2.75) is 25.8 Å². The molecule has 0 spiro atoms. The predicted octanol–water partition coefficient (Wildman–Crippen LogP) is 1.29. The number of carbonyl (C=O) groups is 1. The van der Waals surface area contributed by atoms with E-state index in [9.17, 15) is 4.79 Å². The topological polar surface area (TPSA) is 68.5 Å². The zero-order valence-corrected chi connectivity index (χ0v) is 11.5. The number of nitrogens with zero attached hydrogens (tertiary/aromatic N) is 2. The number of nitrogens with two attached hydrogens (primary N) is 1. The van der Waals surface area contributed by atoms with E-state index in [1.807, 2.05) is 4.90 Å². The van der Waals surface area contributed by atoms with Gasteiger partial charge in [0, 0.05) is 18.8 Å². The van der Waals surface area contributed by atoms with Gasteiger partial charge in [0.1, 0.15) is 5.75 Å². The fourth-order valence-electron chi connectivity index (χ4n) is 2.53. The highest BCUT2D eigenvalue weighted by molar-refractivity contribution is 5.97. The Kier molecular flexibility index (Phi) is 4.37. The molecule has 104 valence electrons. The molecule has 2 N–H and O–H groups in total. The second kappa shape index (κ2) is 6.02. The monoisotopic (exact) mass is 263 g/mol. The van der Waals surface area contributed by atoms with E-state index in [0.29, 0.717) is 23.8 Å². The van der Waals surface area contributed by atoms with Crippen molar-refractivity contribution in [1.29, 1.82) is 0 Å². The Balaban J connectivity index is 2.22. The third kappa shape index (κ3) is 2.87. The van der Waals surface area contributed by atoms with E-state index < -0.39 is 0 Å². The van der Waals surface area contributed by atoms with Crippen LogP contribution in [0.5, 0.6) is 5.75 Å². The van der Waals surface area contributed by atoms with E-state index in [4.69, 9.17) is 10.5 Å². The number of amides is 1. The third-order valence-electron chi connectivity index (χ3n) is 3.81. The molecule has 1 aliphatic rings. The van der Waals surface area contributed by atoms with Crippen molar-refractivity contribution in [3.8, 4) is 5.75 Å². The molecule has 2 heterocycles. The Hall–Kier alpha value is -1.62. The van der Waals surface area contributed by atoms with Crippen LogP contribution >= 0.6 is 0 Å². The molecule has 0 radical (unpaired) electrons. The van der Waals surface area contributed by atoms with Crippen LogP contribution in [0.25, 0.3) is 0 Å². The Labute approximate surface area is 113 Å². The lowest BCUT2D eigenvalue weighted by atomic mass is 9.93. The number of likely N-dealkylation sites (tertiary alicyclic amines) is 1. The lowest BCUT2D eigenvalue weighted by Crippen LogP contribution is -2.47. The van der Waals surface area contributed by atoms with E-state index in [-0.39, 0.29) is 11.9 Å². The molecule has 0 aromatic carbocycles. The van der Waals surface area contributed by atoms with Crippen molar-refractivity contribution in [2.75, 3.05) is 20.2 Å². The van der Waals surface area contributed by atoms with Crippen LogP contribution in [0.15, 0.2) is 18.5 Å². The number of ether oxygens (including phenoxy) is 1. The largest absolute Gasteiger partial charge is 0.494 e. The summed E-state index contributed by atoms with van der Waals surface area (Å²) >= 11 is 0. The van der Waals surface area contributed by atoms with Gasteiger partial charge in [-0.15, -0.1) is 0 Å². The standard InChI is InChI=1S/C14H21N3O2/c1-10-3-4-11(7-15)9-17(10)14(18)12-5-6-16-8-13(12)19-2/h5-6,8,10-11H,3-4,7,9,15H2,1-2H3. The molecule has 1 aromatic rings. The van der Waals surface area contributed by atoms with Crippen molar-refractivity contribution in [3.63, 3.8) is 0 Å². The van der Waals surface area contributed by atoms with Crippen molar-refractivity contribution in [2.24, 2.45) is 11.7 Å². The van der Waals surface area contributed by atoms with E-state index >= 15 is 0 Å². The molecule has 1 fully saturated rings. The Morgan fingerprint density at radius 2 is 2.37 bits per heavy atom. The first-order chi connectivity index (χ1) is 9.17. The van der Waals surface area contributed by atoms with E-state index in [0.717, 1.165) is 19.4 Å². The van der Waals surface area contributed by atoms with Crippen LogP contribution in [0.1, 0.15) is 30.1 Å². The second-order valence-corrected chi connectivity index (χ2v) is 5.06. The highest BCUT2D eigenvalue weighted by Gasteiger charge is 2.30. The van der Waals surface area contributed by atoms with Gasteiger partial charge in [-0.1, -0.05) is 0 Å². The Bertz CT molecular complexity index is 450. The second-order valence-electron chi connectivity index (χ2n) is 5.06. The van der Waals surface area contributed by atoms with Crippen LogP contribution < -0.4 is 10.5 Å². The average molecular weight is 263 g/mol. The fourth-order valence-corrected chi connectivity index (χ4v) is 2.53. The fraction of sp³-hybridized carbons (Fsp3) is 0.571. The molecule has 2 rings (SSSR count). The summed E-state index contributed by atoms with van der Waals surface area (Å²) in [5.41, 5.74) is 6.30. The van der Waals surface area contributed by atoms with Gasteiger partial charge in [0.2, 0.25) is 0 Å². The number of hydrogen-bond donors (Lipinski definition) is 1. The smallest absolute Gasteiger partial charge is 0.257 e. The van der Waals surface area contributed by atoms with E-state index in [2.05, 4.69) is 11.9 Å². The van der Waals surface area contributed by atoms with Crippen molar-refractivity contribution in [1.82, 2.24) is 9.88 Å². The number of hydrogen-bond acceptors (Lipinski definition) is 4. The van der Waals surface area contributed by atoms with E-state index in [1.165, 1.54) is 0 Å². The number of aromatic nitrogens is 1. The summed E-state index contributed by atoms with van der Waals surface area (Å²) in [6, 6.07) is 1.95. The average Bonchev–Trinajstić information content (AvgIpc) is 2.47. The number of rotatable bonds is 3. The predicted molar refractivity (Wildman–Crippen MR) is 73.1 cm³/mol. The maximum atomic E-state index is 12.6. The molecule has 5 heteroatoms. The van der Waals surface area contributed by atoms with Crippen LogP contribution in [0, 0.1) is 5.92 Å². The first-order valence-corrected chi connectivity index (χ1v) is 6.66. The van der Waals surface area contributed by atoms with Crippen LogP contribution in [0.3, 0.4) is 0 Å². The minimum Gasteiger partial charge on any atom is -0.494 e. The van der Waals surface area contributed by atoms with Gasteiger partial charge in [0.05, 0.1) is 18.9 Å². The molecule has 0 saturated carbocycles. The lowest BCUT2D eigenvalue weighted by Gasteiger charge is -2.37. The van der Waals surface area contributed by atoms with Gasteiger partial charge in [-0.25, -0.2) is 0 Å². The highest BCUT2D eigenvalue weighted by Crippen LogP contribution is 2.25. The van der Waals surface area contributed by atoms with Crippen LogP contribution in [-0.4, -0.2) is 42.0 Å². The third-order valence-corrected chi connectivity index (χ3v) is 3.81. The summed E-state index contributed by atoms with van der Waals surface area (Å²) in [5, 5.41) is 0. The minimum atomic E-state index is 0.00454. The lowest BCUT2D eigenvalue weighted by molar-refractivity contribution is 0.0563. The zero-order valence-electron chi connectivity index (χ0n) is 11.5. The Morgan fingerprint density at radius 1 is 1.58 bits per heavy atom. The summed E-state index contributed by atoms with van der Waals surface area (Å²) in [4.78, 5) is 18.5. The van der Waals surface area contributed by atoms with Gasteiger partial charge in [0.25, 0.3) is 5.91 Å². The van der Waals surface area contributed by atoms with Gasteiger partial charge >= 0.3 is 0 Å². The van der Waals surface area contributed by atoms with Crippen molar-refractivity contribution in [3.05, 3.63) is 24.0 Å². The van der Waals surface area contributed by atoms with E-state index in [1.54, 1.807) is 25.6 Å². The highest BCUT2D eigenvalue weighted by atomic mass is 16.5. The van der Waals surface area contributed by atoms with Crippen LogP contribution in [-0.2, 0) is 0 Å². The molecular weight excluding hydrogens is 242 g/mol. The van der Waals surface area contributed by atoms with Gasteiger partial charge < -0.3 is 15.4 Å². The first-order valence-electron chi connectivity index (χ1n) is 6.66. The molecule has 19 heavy (non-hydrogen) atoms. The first kappa shape index (κ1) is 13.8. The van der Waals surface area contributed by atoms with Crippen LogP contribution in [0.2, 0.25) is 0 Å². The molecular formula is C14H21N3O2. The molecule has 2 atom stereocenters. The number of methoxy groups -OCH3 is 1. The molecule has 2 unspecified atom stereocenters. The molecule has 1 saturated heterocycles. The summed E-state index contributed by atoms with van der Waals surface area (Å²) in [6.07, 6.45) is 5.28. The molecule has 1 amide bonds. The molecule has 1 aliphatic heterocycles. The summed E-state index contributed by atoms with van der Waals surface area (Å²) in [5.74, 6) is 0.924. The SMILES string of the molecule is COc1cnccc1C(=O)N1CC(CN)CCC1C. The maximum absolute atomic E-state index is 12.6. The summed E-state index contributed by atoms with van der Waals surface area (Å²) in [6.45, 7) is 3.43. The number of pyridine rings is 1. The summed E-state index contributed by atoms with van der Waals surface area (Å²) < 4.78 is 5.21. The zero-order chi connectivity index (χ0) is 13.8.